The zero-order valence-corrected chi connectivity index (χ0v) is 19.3. The second-order valence-electron chi connectivity index (χ2n) is 7.27. The Morgan fingerprint density at radius 3 is 2.24 bits per heavy atom. The van der Waals surface area contributed by atoms with Crippen molar-refractivity contribution >= 4 is 49.6 Å². The Morgan fingerprint density at radius 2 is 1.66 bits per heavy atom. The minimum absolute atomic E-state index is 0.132. The molecule has 3 rings (SSSR count). The molecule has 0 radical (unpaired) electrons. The van der Waals surface area contributed by atoms with Gasteiger partial charge in [0.15, 0.2) is 11.7 Å². The normalized spacial score (nSPS) is 19.3. The van der Waals surface area contributed by atoms with Crippen LogP contribution in [0.1, 0.15) is 35.7 Å². The third kappa shape index (κ3) is 4.31. The molecular formula is C22H20Br2O5. The van der Waals surface area contributed by atoms with Gasteiger partial charge in [-0.05, 0) is 36.2 Å². The summed E-state index contributed by atoms with van der Waals surface area (Å²) in [5, 5.41) is 0. The van der Waals surface area contributed by atoms with Gasteiger partial charge < -0.3 is 9.47 Å². The lowest BCUT2D eigenvalue weighted by Crippen LogP contribution is -2.44. The lowest BCUT2D eigenvalue weighted by molar-refractivity contribution is -0.158. The predicted molar refractivity (Wildman–Crippen MR) is 115 cm³/mol. The molecule has 1 aliphatic heterocycles. The molecule has 0 spiro atoms. The van der Waals surface area contributed by atoms with E-state index in [-0.39, 0.29) is 11.7 Å². The number of hydrogen-bond donors (Lipinski definition) is 0. The number of ketones is 1. The molecule has 152 valence electrons. The smallest absolute Gasteiger partial charge is 0.326 e. The third-order valence-electron chi connectivity index (χ3n) is 5.15. The minimum Gasteiger partial charge on any atom is -0.468 e. The zero-order chi connectivity index (χ0) is 21.3. The molecule has 0 N–H and O–H groups in total. The summed E-state index contributed by atoms with van der Waals surface area (Å²) >= 11 is 6.81. The number of fused-ring (bicyclic) bond motifs is 1. The van der Waals surface area contributed by atoms with E-state index in [9.17, 15) is 14.4 Å². The fraction of sp³-hybridized carbons (Fsp3) is 0.318. The summed E-state index contributed by atoms with van der Waals surface area (Å²) in [7, 11) is 1.23. The van der Waals surface area contributed by atoms with Gasteiger partial charge in [-0.1, -0.05) is 57.8 Å². The van der Waals surface area contributed by atoms with Gasteiger partial charge in [0.25, 0.3) is 0 Å². The van der Waals surface area contributed by atoms with E-state index in [2.05, 4.69) is 31.9 Å². The van der Waals surface area contributed by atoms with Crippen molar-refractivity contribution < 1.29 is 23.9 Å². The molecule has 3 unspecified atom stereocenters. The standard InChI is InChI=1S/C22H20Br2O5/c1-11(2)17(20(25)12-4-6-13(23)7-5-12)18-15-10-14(24)8-9-16(15)29-22(27)19(18)21(26)28-3/h4-11,17-19H,1-3H3. The molecule has 2 aromatic carbocycles. The van der Waals surface area contributed by atoms with E-state index >= 15 is 0 Å². The van der Waals surface area contributed by atoms with Crippen LogP contribution < -0.4 is 4.74 Å². The Labute approximate surface area is 186 Å². The fourth-order valence-electron chi connectivity index (χ4n) is 3.83. The van der Waals surface area contributed by atoms with Crippen molar-refractivity contribution in [3.05, 3.63) is 62.5 Å². The molecule has 0 saturated carbocycles. The van der Waals surface area contributed by atoms with Crippen molar-refractivity contribution in [2.45, 2.75) is 19.8 Å². The number of carbonyl (C=O) groups is 3. The second kappa shape index (κ2) is 8.79. The van der Waals surface area contributed by atoms with Crippen molar-refractivity contribution in [3.8, 4) is 5.75 Å². The summed E-state index contributed by atoms with van der Waals surface area (Å²) in [5.41, 5.74) is 1.16. The number of esters is 2. The molecule has 29 heavy (non-hydrogen) atoms. The van der Waals surface area contributed by atoms with Crippen LogP contribution in [0.25, 0.3) is 0 Å². The Balaban J connectivity index is 2.18. The van der Waals surface area contributed by atoms with Gasteiger partial charge >= 0.3 is 11.9 Å². The van der Waals surface area contributed by atoms with Crippen molar-refractivity contribution in [1.29, 1.82) is 0 Å². The third-order valence-corrected chi connectivity index (χ3v) is 6.17. The van der Waals surface area contributed by atoms with Crippen LogP contribution in [0.5, 0.6) is 5.75 Å². The number of hydrogen-bond acceptors (Lipinski definition) is 5. The number of rotatable bonds is 5. The van der Waals surface area contributed by atoms with Crippen LogP contribution in [0.2, 0.25) is 0 Å². The number of halogens is 2. The molecule has 0 saturated heterocycles. The van der Waals surface area contributed by atoms with E-state index in [1.807, 2.05) is 13.8 Å². The van der Waals surface area contributed by atoms with Gasteiger partial charge in [0, 0.05) is 31.9 Å². The highest BCUT2D eigenvalue weighted by Gasteiger charge is 2.49. The van der Waals surface area contributed by atoms with Gasteiger partial charge in [-0.2, -0.15) is 0 Å². The first-order valence-electron chi connectivity index (χ1n) is 9.13. The minimum atomic E-state index is -1.21. The largest absolute Gasteiger partial charge is 0.468 e. The summed E-state index contributed by atoms with van der Waals surface area (Å²) in [6.45, 7) is 3.82. The van der Waals surface area contributed by atoms with Crippen molar-refractivity contribution in [1.82, 2.24) is 0 Å². The Bertz CT molecular complexity index is 952. The maximum Gasteiger partial charge on any atom is 0.326 e. The highest BCUT2D eigenvalue weighted by Crippen LogP contribution is 2.47. The van der Waals surface area contributed by atoms with Crippen molar-refractivity contribution in [3.63, 3.8) is 0 Å². The van der Waals surface area contributed by atoms with Gasteiger partial charge in [0.05, 0.1) is 7.11 Å². The first kappa shape index (κ1) is 21.7. The SMILES string of the molecule is COC(=O)C1C(=O)Oc2ccc(Br)cc2C1C(C(=O)c1ccc(Br)cc1)C(C)C. The van der Waals surface area contributed by atoms with E-state index in [4.69, 9.17) is 9.47 Å². The number of Topliss-reactive ketones (excluding diaryl/α,β-unsaturated/α-hetero) is 1. The average Bonchev–Trinajstić information content (AvgIpc) is 2.68. The first-order valence-corrected chi connectivity index (χ1v) is 10.7. The highest BCUT2D eigenvalue weighted by molar-refractivity contribution is 9.10. The van der Waals surface area contributed by atoms with Crippen LogP contribution in [0.15, 0.2) is 51.4 Å². The lowest BCUT2D eigenvalue weighted by Gasteiger charge is -2.37. The summed E-state index contributed by atoms with van der Waals surface area (Å²) < 4.78 is 11.9. The molecular weight excluding hydrogens is 504 g/mol. The van der Waals surface area contributed by atoms with Crippen LogP contribution in [0.4, 0.5) is 0 Å². The molecule has 5 nitrogen and oxygen atoms in total. The van der Waals surface area contributed by atoms with Crippen LogP contribution in [0.3, 0.4) is 0 Å². The zero-order valence-electron chi connectivity index (χ0n) is 16.1. The molecule has 0 aliphatic carbocycles. The average molecular weight is 524 g/mol. The molecule has 7 heteroatoms. The lowest BCUT2D eigenvalue weighted by atomic mass is 9.68. The molecule has 0 amide bonds. The monoisotopic (exact) mass is 522 g/mol. The Hall–Kier alpha value is -1.99. The molecule has 0 fully saturated rings. The second-order valence-corrected chi connectivity index (χ2v) is 9.10. The van der Waals surface area contributed by atoms with Gasteiger partial charge in [-0.3, -0.25) is 14.4 Å². The van der Waals surface area contributed by atoms with Crippen LogP contribution in [-0.4, -0.2) is 24.8 Å². The summed E-state index contributed by atoms with van der Waals surface area (Å²) in [6.07, 6.45) is 0. The van der Waals surface area contributed by atoms with E-state index < -0.39 is 29.7 Å². The number of methoxy groups -OCH3 is 1. The topological polar surface area (TPSA) is 69.7 Å². The number of benzene rings is 2. The molecule has 1 aliphatic rings. The van der Waals surface area contributed by atoms with Crippen molar-refractivity contribution in [2.75, 3.05) is 7.11 Å². The first-order chi connectivity index (χ1) is 13.7. The quantitative estimate of drug-likeness (QED) is 0.234. The van der Waals surface area contributed by atoms with Gasteiger partial charge in [-0.25, -0.2) is 0 Å². The molecule has 3 atom stereocenters. The van der Waals surface area contributed by atoms with E-state index in [1.165, 1.54) is 7.11 Å². The maximum absolute atomic E-state index is 13.5. The summed E-state index contributed by atoms with van der Waals surface area (Å²) in [5.74, 6) is -3.86. The maximum atomic E-state index is 13.5. The van der Waals surface area contributed by atoms with Crippen LogP contribution >= 0.6 is 31.9 Å². The van der Waals surface area contributed by atoms with Crippen molar-refractivity contribution in [2.24, 2.45) is 17.8 Å². The van der Waals surface area contributed by atoms with Gasteiger partial charge in [0.2, 0.25) is 0 Å². The predicted octanol–water partition coefficient (Wildman–Crippen LogP) is 5.16. The highest BCUT2D eigenvalue weighted by atomic mass is 79.9. The van der Waals surface area contributed by atoms with E-state index in [1.54, 1.807) is 42.5 Å². The van der Waals surface area contributed by atoms with Crippen LogP contribution in [0, 0.1) is 17.8 Å². The molecule has 2 aromatic rings. The molecule has 0 bridgehead atoms. The summed E-state index contributed by atoms with van der Waals surface area (Å²) in [4.78, 5) is 38.8. The Kier molecular flexibility index (Phi) is 6.58. The van der Waals surface area contributed by atoms with Gasteiger partial charge in [-0.15, -0.1) is 0 Å². The number of carbonyl (C=O) groups excluding carboxylic acids is 3. The molecule has 0 aromatic heterocycles. The van der Waals surface area contributed by atoms with E-state index in [0.29, 0.717) is 16.9 Å². The summed E-state index contributed by atoms with van der Waals surface area (Å²) in [6, 6.07) is 12.3. The van der Waals surface area contributed by atoms with Crippen LogP contribution in [-0.2, 0) is 14.3 Å². The fourth-order valence-corrected chi connectivity index (χ4v) is 4.47. The van der Waals surface area contributed by atoms with E-state index in [0.717, 1.165) is 8.95 Å². The number of ether oxygens (including phenoxy) is 2. The molecule has 1 heterocycles. The Morgan fingerprint density at radius 1 is 1.03 bits per heavy atom. The van der Waals surface area contributed by atoms with Gasteiger partial charge in [0.1, 0.15) is 5.75 Å².